The minimum absolute atomic E-state index is 0.0705. The van der Waals surface area contributed by atoms with E-state index in [0.717, 1.165) is 5.69 Å². The average Bonchev–Trinajstić information content (AvgIpc) is 2.44. The first-order valence-corrected chi connectivity index (χ1v) is 6.20. The lowest BCUT2D eigenvalue weighted by molar-refractivity contribution is -0.119. The molecule has 1 rings (SSSR count). The fourth-order valence-corrected chi connectivity index (χ4v) is 1.64. The number of nitrogens with zero attached hydrogens (tertiary/aromatic N) is 2. The molecule has 0 aromatic heterocycles. The molecule has 1 aromatic carbocycles. The molecule has 0 heterocycles. The molecular formula is C14H19N3O2. The highest BCUT2D eigenvalue weighted by Gasteiger charge is 2.10. The van der Waals surface area contributed by atoms with Crippen molar-refractivity contribution in [3.63, 3.8) is 0 Å². The molecule has 1 N–H and O–H groups in total. The number of rotatable bonds is 8. The monoisotopic (exact) mass is 261 g/mol. The second-order valence-electron chi connectivity index (χ2n) is 4.01. The van der Waals surface area contributed by atoms with E-state index in [0.29, 0.717) is 26.1 Å². The molecule has 0 saturated carbocycles. The summed E-state index contributed by atoms with van der Waals surface area (Å²) in [7, 11) is 1.59. The van der Waals surface area contributed by atoms with Crippen molar-refractivity contribution >= 4 is 11.6 Å². The van der Waals surface area contributed by atoms with Crippen molar-refractivity contribution in [2.75, 3.05) is 38.3 Å². The van der Waals surface area contributed by atoms with Crippen LogP contribution in [0.3, 0.4) is 0 Å². The van der Waals surface area contributed by atoms with Crippen LogP contribution in [0.1, 0.15) is 6.42 Å². The summed E-state index contributed by atoms with van der Waals surface area (Å²) in [6, 6.07) is 11.7. The number of methoxy groups -OCH3 is 1. The molecule has 102 valence electrons. The smallest absolute Gasteiger partial charge is 0.239 e. The van der Waals surface area contributed by atoms with Gasteiger partial charge in [0, 0.05) is 25.9 Å². The summed E-state index contributed by atoms with van der Waals surface area (Å²) in [5.41, 5.74) is 0.944. The number of hydrogen-bond acceptors (Lipinski definition) is 4. The molecule has 0 unspecified atom stereocenters. The quantitative estimate of drug-likeness (QED) is 0.713. The molecule has 5 nitrogen and oxygen atoms in total. The zero-order chi connectivity index (χ0) is 13.9. The Bertz CT molecular complexity index is 414. The molecule has 19 heavy (non-hydrogen) atoms. The normalized spacial score (nSPS) is 9.68. The van der Waals surface area contributed by atoms with Gasteiger partial charge in [-0.3, -0.25) is 4.79 Å². The Hall–Kier alpha value is -2.06. The maximum atomic E-state index is 11.8. The number of amides is 1. The topological polar surface area (TPSA) is 65.4 Å². The van der Waals surface area contributed by atoms with E-state index in [-0.39, 0.29) is 12.5 Å². The van der Waals surface area contributed by atoms with Gasteiger partial charge < -0.3 is 15.0 Å². The SMILES string of the molecule is COCCNC(=O)CN(CCC#N)c1ccccc1. The summed E-state index contributed by atoms with van der Waals surface area (Å²) in [4.78, 5) is 13.7. The lowest BCUT2D eigenvalue weighted by Gasteiger charge is -2.23. The molecule has 0 saturated heterocycles. The molecule has 0 bridgehead atoms. The number of hydrogen-bond donors (Lipinski definition) is 1. The van der Waals surface area contributed by atoms with Crippen molar-refractivity contribution < 1.29 is 9.53 Å². The van der Waals surface area contributed by atoms with Crippen LogP contribution in [-0.4, -0.2) is 39.3 Å². The van der Waals surface area contributed by atoms with Crippen molar-refractivity contribution in [1.29, 1.82) is 5.26 Å². The van der Waals surface area contributed by atoms with Gasteiger partial charge in [-0.1, -0.05) is 18.2 Å². The van der Waals surface area contributed by atoms with Gasteiger partial charge >= 0.3 is 0 Å². The fraction of sp³-hybridized carbons (Fsp3) is 0.429. The first kappa shape index (κ1) is 15.0. The van der Waals surface area contributed by atoms with Gasteiger partial charge in [0.25, 0.3) is 0 Å². The van der Waals surface area contributed by atoms with Crippen LogP contribution >= 0.6 is 0 Å². The summed E-state index contributed by atoms with van der Waals surface area (Å²) in [5.74, 6) is -0.0705. The average molecular weight is 261 g/mol. The molecule has 0 aliphatic heterocycles. The van der Waals surface area contributed by atoms with Crippen LogP contribution in [-0.2, 0) is 9.53 Å². The first-order valence-electron chi connectivity index (χ1n) is 6.20. The van der Waals surface area contributed by atoms with Gasteiger partial charge in [-0.15, -0.1) is 0 Å². The van der Waals surface area contributed by atoms with Gasteiger partial charge in [0.05, 0.1) is 25.6 Å². The van der Waals surface area contributed by atoms with Crippen LogP contribution < -0.4 is 10.2 Å². The molecule has 0 radical (unpaired) electrons. The molecule has 0 aliphatic carbocycles. The summed E-state index contributed by atoms with van der Waals surface area (Å²) < 4.78 is 4.88. The number of carbonyl (C=O) groups is 1. The molecular weight excluding hydrogens is 242 g/mol. The van der Waals surface area contributed by atoms with Crippen molar-refractivity contribution in [3.05, 3.63) is 30.3 Å². The van der Waals surface area contributed by atoms with Crippen molar-refractivity contribution in [2.24, 2.45) is 0 Å². The Morgan fingerprint density at radius 1 is 1.42 bits per heavy atom. The highest BCUT2D eigenvalue weighted by Crippen LogP contribution is 2.12. The van der Waals surface area contributed by atoms with E-state index in [1.54, 1.807) is 7.11 Å². The van der Waals surface area contributed by atoms with Gasteiger partial charge in [-0.2, -0.15) is 5.26 Å². The maximum Gasteiger partial charge on any atom is 0.239 e. The Labute approximate surface area is 113 Å². The predicted octanol–water partition coefficient (Wildman–Crippen LogP) is 1.17. The van der Waals surface area contributed by atoms with Gasteiger partial charge in [0.2, 0.25) is 5.91 Å². The highest BCUT2D eigenvalue weighted by molar-refractivity contribution is 5.81. The standard InChI is InChI=1S/C14H19N3O2/c1-19-11-9-16-14(18)12-17(10-5-8-15)13-6-3-2-4-7-13/h2-4,6-7H,5,9-12H2,1H3,(H,16,18). The summed E-state index contributed by atoms with van der Waals surface area (Å²) in [6.45, 7) is 1.78. The van der Waals surface area contributed by atoms with E-state index in [2.05, 4.69) is 11.4 Å². The number of nitrogens with one attached hydrogen (secondary N) is 1. The third-order valence-electron chi connectivity index (χ3n) is 2.58. The molecule has 5 heteroatoms. The minimum atomic E-state index is -0.0705. The molecule has 0 atom stereocenters. The van der Waals surface area contributed by atoms with Crippen LogP contribution in [0.2, 0.25) is 0 Å². The largest absolute Gasteiger partial charge is 0.383 e. The number of anilines is 1. The molecule has 0 spiro atoms. The number of carbonyl (C=O) groups excluding carboxylic acids is 1. The highest BCUT2D eigenvalue weighted by atomic mass is 16.5. The molecule has 1 aromatic rings. The van der Waals surface area contributed by atoms with Crippen molar-refractivity contribution in [2.45, 2.75) is 6.42 Å². The second kappa shape index (κ2) is 8.95. The third-order valence-corrected chi connectivity index (χ3v) is 2.58. The predicted molar refractivity (Wildman–Crippen MR) is 73.8 cm³/mol. The Kier molecular flexibility index (Phi) is 7.06. The number of benzene rings is 1. The van der Waals surface area contributed by atoms with Gasteiger partial charge in [-0.05, 0) is 12.1 Å². The van der Waals surface area contributed by atoms with E-state index in [9.17, 15) is 4.79 Å². The number of para-hydroxylation sites is 1. The third kappa shape index (κ3) is 5.89. The van der Waals surface area contributed by atoms with Crippen LogP contribution in [0.4, 0.5) is 5.69 Å². The van der Waals surface area contributed by atoms with E-state index < -0.39 is 0 Å². The minimum Gasteiger partial charge on any atom is -0.383 e. The van der Waals surface area contributed by atoms with E-state index in [1.807, 2.05) is 35.2 Å². The zero-order valence-electron chi connectivity index (χ0n) is 11.1. The Morgan fingerprint density at radius 2 is 2.16 bits per heavy atom. The Balaban J connectivity index is 2.55. The fourth-order valence-electron chi connectivity index (χ4n) is 1.64. The summed E-state index contributed by atoms with van der Waals surface area (Å²) in [5, 5.41) is 11.4. The molecule has 0 aliphatic rings. The summed E-state index contributed by atoms with van der Waals surface area (Å²) >= 11 is 0. The number of ether oxygens (including phenoxy) is 1. The Morgan fingerprint density at radius 3 is 2.79 bits per heavy atom. The van der Waals surface area contributed by atoms with Gasteiger partial charge in [0.15, 0.2) is 0 Å². The second-order valence-corrected chi connectivity index (χ2v) is 4.01. The molecule has 1 amide bonds. The zero-order valence-corrected chi connectivity index (χ0v) is 11.1. The van der Waals surface area contributed by atoms with Crippen LogP contribution in [0.25, 0.3) is 0 Å². The number of nitriles is 1. The van der Waals surface area contributed by atoms with Gasteiger partial charge in [-0.25, -0.2) is 0 Å². The van der Waals surface area contributed by atoms with Crippen molar-refractivity contribution in [1.82, 2.24) is 5.32 Å². The maximum absolute atomic E-state index is 11.8. The van der Waals surface area contributed by atoms with Gasteiger partial charge in [0.1, 0.15) is 0 Å². The van der Waals surface area contributed by atoms with Crippen LogP contribution in [0.15, 0.2) is 30.3 Å². The lowest BCUT2D eigenvalue weighted by Crippen LogP contribution is -2.39. The first-order chi connectivity index (χ1) is 9.27. The van der Waals surface area contributed by atoms with Crippen LogP contribution in [0.5, 0.6) is 0 Å². The summed E-state index contributed by atoms with van der Waals surface area (Å²) in [6.07, 6.45) is 0.389. The van der Waals surface area contributed by atoms with E-state index in [4.69, 9.17) is 10.00 Å². The van der Waals surface area contributed by atoms with Crippen molar-refractivity contribution in [3.8, 4) is 6.07 Å². The molecule has 0 fully saturated rings. The van der Waals surface area contributed by atoms with E-state index >= 15 is 0 Å². The van der Waals surface area contributed by atoms with Crippen LogP contribution in [0, 0.1) is 11.3 Å². The lowest BCUT2D eigenvalue weighted by atomic mass is 10.2. The van der Waals surface area contributed by atoms with E-state index in [1.165, 1.54) is 0 Å².